The smallest absolute Gasteiger partial charge is 0.103 e. The van der Waals surface area contributed by atoms with E-state index in [9.17, 15) is 0 Å². The third kappa shape index (κ3) is 6.77. The molecule has 1 aromatic rings. The van der Waals surface area contributed by atoms with Gasteiger partial charge in [-0.2, -0.15) is 11.8 Å². The lowest BCUT2D eigenvalue weighted by molar-refractivity contribution is 0.553. The summed E-state index contributed by atoms with van der Waals surface area (Å²) in [6.45, 7) is 13.3. The number of aromatic nitrogens is 1. The van der Waals surface area contributed by atoms with Crippen LogP contribution in [0.3, 0.4) is 0 Å². The van der Waals surface area contributed by atoms with E-state index in [1.165, 1.54) is 22.0 Å². The molecule has 0 bridgehead atoms. The molecule has 0 fully saturated rings. The maximum atomic E-state index is 4.83. The molecule has 4 heteroatoms. The van der Waals surface area contributed by atoms with Crippen molar-refractivity contribution in [2.75, 3.05) is 6.54 Å². The van der Waals surface area contributed by atoms with Crippen LogP contribution in [-0.2, 0) is 18.7 Å². The van der Waals surface area contributed by atoms with E-state index < -0.39 is 0 Å². The first-order valence-corrected chi connectivity index (χ1v) is 9.19. The molecular weight excluding hydrogens is 272 g/mol. The van der Waals surface area contributed by atoms with Crippen LogP contribution in [0.2, 0.25) is 0 Å². The van der Waals surface area contributed by atoms with Crippen LogP contribution in [0.25, 0.3) is 0 Å². The Bertz CT molecular complexity index is 359. The minimum absolute atomic E-state index is 0.682. The molecule has 1 heterocycles. The van der Waals surface area contributed by atoms with E-state index in [0.29, 0.717) is 11.2 Å². The fraction of sp³-hybridized carbons (Fsp3) is 0.800. The van der Waals surface area contributed by atoms with Crippen LogP contribution in [0.15, 0.2) is 0 Å². The Kier molecular flexibility index (Phi) is 8.03. The van der Waals surface area contributed by atoms with E-state index in [-0.39, 0.29) is 0 Å². The molecule has 2 nitrogen and oxygen atoms in total. The lowest BCUT2D eigenvalue weighted by Crippen LogP contribution is -2.19. The highest BCUT2D eigenvalue weighted by Gasteiger charge is 2.11. The molecule has 0 aromatic carbocycles. The summed E-state index contributed by atoms with van der Waals surface area (Å²) in [5, 5.41) is 5.52. The zero-order chi connectivity index (χ0) is 14.3. The lowest BCUT2D eigenvalue weighted by Gasteiger charge is -2.06. The van der Waals surface area contributed by atoms with Gasteiger partial charge in [0, 0.05) is 17.2 Å². The average Bonchev–Trinajstić information content (AvgIpc) is 2.69. The SMILES string of the molecule is CCCc1nc(CSC(C)C)sc1CNCC(C)C. The zero-order valence-corrected chi connectivity index (χ0v) is 14.6. The largest absolute Gasteiger partial charge is 0.312 e. The summed E-state index contributed by atoms with van der Waals surface area (Å²) in [6, 6.07) is 0. The minimum Gasteiger partial charge on any atom is -0.312 e. The minimum atomic E-state index is 0.682. The van der Waals surface area contributed by atoms with Crippen molar-refractivity contribution in [3.8, 4) is 0 Å². The number of nitrogens with zero attached hydrogens (tertiary/aromatic N) is 1. The maximum absolute atomic E-state index is 4.83. The van der Waals surface area contributed by atoms with Gasteiger partial charge in [0.15, 0.2) is 0 Å². The van der Waals surface area contributed by atoms with Gasteiger partial charge in [0.1, 0.15) is 5.01 Å². The highest BCUT2D eigenvalue weighted by atomic mass is 32.2. The van der Waals surface area contributed by atoms with Gasteiger partial charge >= 0.3 is 0 Å². The summed E-state index contributed by atoms with van der Waals surface area (Å²) < 4.78 is 0. The summed E-state index contributed by atoms with van der Waals surface area (Å²) in [5.41, 5.74) is 1.32. The highest BCUT2D eigenvalue weighted by molar-refractivity contribution is 7.99. The molecule has 110 valence electrons. The summed E-state index contributed by atoms with van der Waals surface area (Å²) >= 11 is 3.88. The average molecular weight is 301 g/mol. The molecule has 0 radical (unpaired) electrons. The summed E-state index contributed by atoms with van der Waals surface area (Å²) in [7, 11) is 0. The van der Waals surface area contributed by atoms with Gasteiger partial charge in [0.05, 0.1) is 5.69 Å². The van der Waals surface area contributed by atoms with E-state index in [1.54, 1.807) is 0 Å². The molecule has 1 aromatic heterocycles. The number of thiazole rings is 1. The van der Waals surface area contributed by atoms with Gasteiger partial charge in [-0.3, -0.25) is 0 Å². The number of hydrogen-bond donors (Lipinski definition) is 1. The van der Waals surface area contributed by atoms with Crippen molar-refractivity contribution in [1.29, 1.82) is 0 Å². The first kappa shape index (κ1) is 17.0. The van der Waals surface area contributed by atoms with Gasteiger partial charge in [-0.1, -0.05) is 41.0 Å². The van der Waals surface area contributed by atoms with E-state index >= 15 is 0 Å². The third-order valence-electron chi connectivity index (χ3n) is 2.69. The molecular formula is C15H28N2S2. The van der Waals surface area contributed by atoms with E-state index in [0.717, 1.165) is 25.3 Å². The third-order valence-corrected chi connectivity index (χ3v) is 5.07. The van der Waals surface area contributed by atoms with Crippen molar-refractivity contribution in [2.24, 2.45) is 5.92 Å². The second-order valence-electron chi connectivity index (χ2n) is 5.61. The standard InChI is InChI=1S/C15H28N2S2/c1-6-7-13-14(9-16-8-11(2)3)19-15(17-13)10-18-12(4)5/h11-12,16H,6-10H2,1-5H3. The predicted molar refractivity (Wildman–Crippen MR) is 89.1 cm³/mol. The van der Waals surface area contributed by atoms with Crippen molar-refractivity contribution in [3.05, 3.63) is 15.6 Å². The van der Waals surface area contributed by atoms with Gasteiger partial charge in [-0.05, 0) is 24.1 Å². The fourth-order valence-corrected chi connectivity index (χ4v) is 3.64. The van der Waals surface area contributed by atoms with Crippen LogP contribution in [0.5, 0.6) is 0 Å². The topological polar surface area (TPSA) is 24.9 Å². The monoisotopic (exact) mass is 300 g/mol. The Hall–Kier alpha value is -0.0600. The maximum Gasteiger partial charge on any atom is 0.103 e. The molecule has 0 saturated heterocycles. The van der Waals surface area contributed by atoms with Gasteiger partial charge in [-0.25, -0.2) is 4.98 Å². The van der Waals surface area contributed by atoms with Crippen molar-refractivity contribution in [1.82, 2.24) is 10.3 Å². The quantitative estimate of drug-likeness (QED) is 0.727. The Labute approximate surface area is 126 Å². The molecule has 0 spiro atoms. The summed E-state index contributed by atoms with van der Waals surface area (Å²) in [5.74, 6) is 1.77. The van der Waals surface area contributed by atoms with Gasteiger partial charge in [0.25, 0.3) is 0 Å². The Morgan fingerprint density at radius 1 is 1.26 bits per heavy atom. The predicted octanol–water partition coefficient (Wildman–Crippen LogP) is 4.48. The molecule has 0 saturated carbocycles. The number of thioether (sulfide) groups is 1. The van der Waals surface area contributed by atoms with E-state index in [1.807, 2.05) is 23.1 Å². The first-order valence-electron chi connectivity index (χ1n) is 7.32. The molecule has 1 rings (SSSR count). The Morgan fingerprint density at radius 3 is 2.58 bits per heavy atom. The van der Waals surface area contributed by atoms with Crippen LogP contribution in [-0.4, -0.2) is 16.8 Å². The van der Waals surface area contributed by atoms with Crippen LogP contribution in [0, 0.1) is 5.92 Å². The van der Waals surface area contributed by atoms with Crippen LogP contribution >= 0.6 is 23.1 Å². The molecule has 0 aliphatic heterocycles. The van der Waals surface area contributed by atoms with Crippen molar-refractivity contribution >= 4 is 23.1 Å². The van der Waals surface area contributed by atoms with Crippen LogP contribution in [0.4, 0.5) is 0 Å². The Morgan fingerprint density at radius 2 is 2.00 bits per heavy atom. The normalized spacial score (nSPS) is 11.7. The molecule has 0 atom stereocenters. The first-order chi connectivity index (χ1) is 9.02. The Balaban J connectivity index is 2.60. The fourth-order valence-electron chi connectivity index (χ4n) is 1.78. The summed E-state index contributed by atoms with van der Waals surface area (Å²) in [6.07, 6.45) is 2.29. The number of rotatable bonds is 9. The van der Waals surface area contributed by atoms with Gasteiger partial charge in [-0.15, -0.1) is 11.3 Å². The molecule has 0 unspecified atom stereocenters. The van der Waals surface area contributed by atoms with Crippen LogP contribution < -0.4 is 5.32 Å². The molecule has 0 aliphatic rings. The second kappa shape index (κ2) is 8.98. The van der Waals surface area contributed by atoms with E-state index in [4.69, 9.17) is 4.98 Å². The lowest BCUT2D eigenvalue weighted by atomic mass is 10.2. The van der Waals surface area contributed by atoms with Crippen molar-refractivity contribution in [3.63, 3.8) is 0 Å². The molecule has 0 amide bonds. The number of nitrogens with one attached hydrogen (secondary N) is 1. The highest BCUT2D eigenvalue weighted by Crippen LogP contribution is 2.25. The molecule has 0 aliphatic carbocycles. The second-order valence-corrected chi connectivity index (χ2v) is 8.34. The van der Waals surface area contributed by atoms with Crippen molar-refractivity contribution < 1.29 is 0 Å². The van der Waals surface area contributed by atoms with Gasteiger partial charge < -0.3 is 5.32 Å². The van der Waals surface area contributed by atoms with Crippen LogP contribution in [0.1, 0.15) is 56.6 Å². The van der Waals surface area contributed by atoms with E-state index in [2.05, 4.69) is 39.9 Å². The zero-order valence-electron chi connectivity index (χ0n) is 13.0. The number of aryl methyl sites for hydroxylation is 1. The number of hydrogen-bond acceptors (Lipinski definition) is 4. The summed E-state index contributed by atoms with van der Waals surface area (Å²) in [4.78, 5) is 6.27. The molecule has 1 N–H and O–H groups in total. The molecule has 19 heavy (non-hydrogen) atoms. The van der Waals surface area contributed by atoms with Gasteiger partial charge in [0.2, 0.25) is 0 Å². The van der Waals surface area contributed by atoms with Crippen molar-refractivity contribution in [2.45, 2.75) is 65.0 Å².